The number of ether oxygens (including phenoxy) is 3. The summed E-state index contributed by atoms with van der Waals surface area (Å²) in [6.45, 7) is 6.74. The minimum absolute atomic E-state index is 0.0635. The average Bonchev–Trinajstić information content (AvgIpc) is 3.45. The van der Waals surface area contributed by atoms with Crippen LogP contribution >= 0.6 is 0 Å². The third kappa shape index (κ3) is 66.8. The minimum Gasteiger partial charge on any atom is -0.462 e. The van der Waals surface area contributed by atoms with E-state index in [1.807, 2.05) is 0 Å². The third-order valence-corrected chi connectivity index (χ3v) is 16.8. The molecule has 0 aliphatic heterocycles. The molecule has 6 nitrogen and oxygen atoms in total. The molecule has 0 fully saturated rings. The quantitative estimate of drug-likeness (QED) is 0.0261. The molecule has 0 amide bonds. The minimum atomic E-state index is -0.768. The summed E-state index contributed by atoms with van der Waals surface area (Å²) in [5.74, 6) is -0.827. The van der Waals surface area contributed by atoms with Gasteiger partial charge in [0.1, 0.15) is 13.2 Å². The summed E-state index contributed by atoms with van der Waals surface area (Å²) in [4.78, 5) is 38.5. The number of carbonyl (C=O) groups excluding carboxylic acids is 3. The van der Waals surface area contributed by atoms with Crippen LogP contribution in [0.4, 0.5) is 0 Å². The normalized spacial score (nSPS) is 12.0. The number of unbranched alkanes of at least 4 members (excludes halogenated alkanes) is 55. The fourth-order valence-corrected chi connectivity index (χ4v) is 11.3. The molecule has 6 heteroatoms. The molecule has 79 heavy (non-hydrogen) atoms. The number of hydrogen-bond donors (Lipinski definition) is 0. The molecule has 1 atom stereocenters. The maximum absolute atomic E-state index is 13.0. The van der Waals surface area contributed by atoms with Crippen molar-refractivity contribution in [3.8, 4) is 0 Å². The molecule has 0 heterocycles. The Morgan fingerprint density at radius 2 is 0.418 bits per heavy atom. The van der Waals surface area contributed by atoms with Gasteiger partial charge >= 0.3 is 17.9 Å². The molecule has 0 aliphatic rings. The first-order chi connectivity index (χ1) is 39.0. The van der Waals surface area contributed by atoms with Gasteiger partial charge in [-0.1, -0.05) is 367 Å². The summed E-state index contributed by atoms with van der Waals surface area (Å²) in [7, 11) is 0. The molecular weight excluding hydrogens is 973 g/mol. The van der Waals surface area contributed by atoms with Crippen LogP contribution in [0, 0.1) is 0 Å². The van der Waals surface area contributed by atoms with E-state index in [1.54, 1.807) is 0 Å². The molecular formula is C73H140O6. The third-order valence-electron chi connectivity index (χ3n) is 16.8. The Morgan fingerprint density at radius 3 is 0.633 bits per heavy atom. The van der Waals surface area contributed by atoms with E-state index in [4.69, 9.17) is 14.2 Å². The largest absolute Gasteiger partial charge is 0.462 e. The zero-order valence-electron chi connectivity index (χ0n) is 53.9. The van der Waals surface area contributed by atoms with Crippen LogP contribution in [0.3, 0.4) is 0 Å². The molecule has 0 aromatic rings. The summed E-state index contributed by atoms with van der Waals surface area (Å²) in [5.41, 5.74) is 0. The first kappa shape index (κ1) is 77.2. The van der Waals surface area contributed by atoms with Crippen molar-refractivity contribution in [2.45, 2.75) is 425 Å². The van der Waals surface area contributed by atoms with Gasteiger partial charge in [-0.3, -0.25) is 14.4 Å². The van der Waals surface area contributed by atoms with Crippen molar-refractivity contribution in [1.82, 2.24) is 0 Å². The zero-order chi connectivity index (χ0) is 57.1. The summed E-state index contributed by atoms with van der Waals surface area (Å²) in [6, 6.07) is 0. The highest BCUT2D eigenvalue weighted by atomic mass is 16.6. The predicted octanol–water partition coefficient (Wildman–Crippen LogP) is 24.8. The second-order valence-electron chi connectivity index (χ2n) is 24.9. The number of esters is 3. The monoisotopic (exact) mass is 1110 g/mol. The van der Waals surface area contributed by atoms with E-state index in [9.17, 15) is 14.4 Å². The van der Waals surface area contributed by atoms with E-state index in [1.165, 1.54) is 321 Å². The molecule has 0 radical (unpaired) electrons. The summed E-state index contributed by atoms with van der Waals surface area (Å²) in [5, 5.41) is 0. The first-order valence-corrected chi connectivity index (χ1v) is 36.2. The maximum Gasteiger partial charge on any atom is 0.306 e. The molecule has 0 aromatic heterocycles. The van der Waals surface area contributed by atoms with E-state index in [-0.39, 0.29) is 31.1 Å². The Bertz CT molecular complexity index is 1230. The van der Waals surface area contributed by atoms with Crippen LogP contribution in [0.2, 0.25) is 0 Å². The van der Waals surface area contributed by atoms with E-state index in [2.05, 4.69) is 32.9 Å². The zero-order valence-corrected chi connectivity index (χ0v) is 53.9. The average molecular weight is 1110 g/mol. The van der Waals surface area contributed by atoms with Crippen LogP contribution in [-0.2, 0) is 28.6 Å². The molecule has 0 N–H and O–H groups in total. The lowest BCUT2D eigenvalue weighted by molar-refractivity contribution is -0.167. The van der Waals surface area contributed by atoms with Crippen molar-refractivity contribution in [3.63, 3.8) is 0 Å². The fraction of sp³-hybridized carbons (Fsp3) is 0.932. The Hall–Kier alpha value is -1.85. The molecule has 0 bridgehead atoms. The molecule has 0 aromatic carbocycles. The molecule has 0 rings (SSSR count). The molecule has 1 unspecified atom stereocenters. The van der Waals surface area contributed by atoms with Gasteiger partial charge in [-0.05, 0) is 44.9 Å². The second-order valence-corrected chi connectivity index (χ2v) is 24.9. The van der Waals surface area contributed by atoms with Crippen molar-refractivity contribution >= 4 is 17.9 Å². The molecule has 468 valence electrons. The predicted molar refractivity (Wildman–Crippen MR) is 344 cm³/mol. The van der Waals surface area contributed by atoms with Crippen molar-refractivity contribution in [3.05, 3.63) is 12.2 Å². The van der Waals surface area contributed by atoms with Crippen LogP contribution in [-0.4, -0.2) is 37.2 Å². The van der Waals surface area contributed by atoms with Crippen LogP contribution in [0.25, 0.3) is 0 Å². The number of allylic oxidation sites excluding steroid dienone is 2. The van der Waals surface area contributed by atoms with E-state index >= 15 is 0 Å². The highest BCUT2D eigenvalue weighted by Gasteiger charge is 2.19. The van der Waals surface area contributed by atoms with Gasteiger partial charge in [0.15, 0.2) is 6.10 Å². The van der Waals surface area contributed by atoms with Crippen LogP contribution in [0.15, 0.2) is 12.2 Å². The topological polar surface area (TPSA) is 78.9 Å². The molecule has 0 saturated heterocycles. The van der Waals surface area contributed by atoms with Gasteiger partial charge in [-0.2, -0.15) is 0 Å². The van der Waals surface area contributed by atoms with Crippen molar-refractivity contribution in [2.24, 2.45) is 0 Å². The highest BCUT2D eigenvalue weighted by molar-refractivity contribution is 5.71. The maximum atomic E-state index is 13.0. The van der Waals surface area contributed by atoms with E-state index in [0.29, 0.717) is 19.3 Å². The highest BCUT2D eigenvalue weighted by Crippen LogP contribution is 2.19. The smallest absolute Gasteiger partial charge is 0.306 e. The summed E-state index contributed by atoms with van der Waals surface area (Å²) < 4.78 is 17.0. The summed E-state index contributed by atoms with van der Waals surface area (Å²) in [6.07, 6.45) is 82.4. The summed E-state index contributed by atoms with van der Waals surface area (Å²) >= 11 is 0. The van der Waals surface area contributed by atoms with Crippen LogP contribution < -0.4 is 0 Å². The lowest BCUT2D eigenvalue weighted by Gasteiger charge is -2.18. The number of carbonyl (C=O) groups is 3. The standard InChI is InChI=1S/C73H140O6/c1-4-7-10-13-16-19-22-25-28-31-34-35-36-37-40-42-45-48-51-54-57-60-63-66-72(75)78-69-70(79-73(76)67-64-61-58-55-52-49-46-43-39-33-30-27-24-21-18-15-12-9-6-3)68-77-71(74)65-62-59-56-53-50-47-44-41-38-32-29-26-23-20-17-14-11-8-5-2/h27,30,70H,4-26,28-29,31-69H2,1-3H3/b30-27-. The fourth-order valence-electron chi connectivity index (χ4n) is 11.3. The van der Waals surface area contributed by atoms with Gasteiger partial charge in [0.2, 0.25) is 0 Å². The van der Waals surface area contributed by atoms with Crippen molar-refractivity contribution < 1.29 is 28.6 Å². The van der Waals surface area contributed by atoms with E-state index < -0.39 is 6.10 Å². The van der Waals surface area contributed by atoms with Crippen LogP contribution in [0.5, 0.6) is 0 Å². The second kappa shape index (κ2) is 68.6. The van der Waals surface area contributed by atoms with E-state index in [0.717, 1.165) is 57.8 Å². The lowest BCUT2D eigenvalue weighted by Crippen LogP contribution is -2.30. The number of hydrogen-bond acceptors (Lipinski definition) is 6. The van der Waals surface area contributed by atoms with Crippen molar-refractivity contribution in [1.29, 1.82) is 0 Å². The van der Waals surface area contributed by atoms with Gasteiger partial charge in [0.25, 0.3) is 0 Å². The Balaban J connectivity index is 4.27. The van der Waals surface area contributed by atoms with Gasteiger partial charge in [0, 0.05) is 19.3 Å². The molecule has 0 spiro atoms. The van der Waals surface area contributed by atoms with Gasteiger partial charge in [-0.15, -0.1) is 0 Å². The van der Waals surface area contributed by atoms with Gasteiger partial charge in [-0.25, -0.2) is 0 Å². The Labute approximate surface area is 494 Å². The number of rotatable bonds is 68. The van der Waals surface area contributed by atoms with Gasteiger partial charge in [0.05, 0.1) is 0 Å². The van der Waals surface area contributed by atoms with Crippen molar-refractivity contribution in [2.75, 3.05) is 13.2 Å². The van der Waals surface area contributed by atoms with Gasteiger partial charge < -0.3 is 14.2 Å². The Morgan fingerprint density at radius 1 is 0.241 bits per heavy atom. The SMILES string of the molecule is CCCCCCCC/C=C\CCCCCCCCCCCC(=O)OC(COC(=O)CCCCCCCCCCCCCCCCCCCCC)COC(=O)CCCCCCCCCCCCCCCCCCCCCCCCC. The molecule has 0 saturated carbocycles. The lowest BCUT2D eigenvalue weighted by atomic mass is 10.0. The molecule has 0 aliphatic carbocycles. The first-order valence-electron chi connectivity index (χ1n) is 36.2. The van der Waals surface area contributed by atoms with Crippen LogP contribution in [0.1, 0.15) is 419 Å². The Kier molecular flexibility index (Phi) is 67.0.